The third kappa shape index (κ3) is 5.54. The van der Waals surface area contributed by atoms with Crippen molar-refractivity contribution < 1.29 is 8.85 Å². The summed E-state index contributed by atoms with van der Waals surface area (Å²) in [6.07, 6.45) is 10.4. The first-order valence-electron chi connectivity index (χ1n) is 7.26. The molecule has 17 heavy (non-hydrogen) atoms. The van der Waals surface area contributed by atoms with Crippen LogP contribution in [0.15, 0.2) is 0 Å². The van der Waals surface area contributed by atoms with Crippen LogP contribution in [0.1, 0.15) is 72.1 Å². The van der Waals surface area contributed by atoms with Gasteiger partial charge >= 0.3 is 9.28 Å². The fourth-order valence-electron chi connectivity index (χ4n) is 2.73. The third-order valence-electron chi connectivity index (χ3n) is 4.11. The molecule has 0 unspecified atom stereocenters. The van der Waals surface area contributed by atoms with Crippen LogP contribution in [0.4, 0.5) is 0 Å². The first-order chi connectivity index (χ1) is 8.20. The van der Waals surface area contributed by atoms with Gasteiger partial charge in [0.05, 0.1) is 0 Å². The fraction of sp³-hybridized carbons (Fsp3) is 1.00. The van der Waals surface area contributed by atoms with Crippen molar-refractivity contribution in [3.8, 4) is 0 Å². The van der Waals surface area contributed by atoms with Gasteiger partial charge in [0, 0.05) is 19.3 Å². The fourth-order valence-corrected chi connectivity index (χ4v) is 5.03. The minimum Gasteiger partial charge on any atom is -0.400 e. The van der Waals surface area contributed by atoms with Crippen LogP contribution in [0.3, 0.4) is 0 Å². The summed E-state index contributed by atoms with van der Waals surface area (Å²) >= 11 is 0. The molecule has 104 valence electrons. The van der Waals surface area contributed by atoms with E-state index in [9.17, 15) is 0 Å². The van der Waals surface area contributed by atoms with E-state index in [1.165, 1.54) is 51.4 Å². The zero-order chi connectivity index (χ0) is 13.1. The van der Waals surface area contributed by atoms with Gasteiger partial charge in [0.15, 0.2) is 0 Å². The zero-order valence-electron chi connectivity index (χ0n) is 12.6. The van der Waals surface area contributed by atoms with Crippen LogP contribution in [0, 0.1) is 0 Å². The SMILES string of the molecule is CCCCCCCC(CC)(CC)[SiH](OC)OC. The summed E-state index contributed by atoms with van der Waals surface area (Å²) in [5.74, 6) is 0. The number of hydrogen-bond acceptors (Lipinski definition) is 2. The molecule has 0 saturated carbocycles. The summed E-state index contributed by atoms with van der Waals surface area (Å²) < 4.78 is 11.3. The minimum absolute atomic E-state index is 0.343. The van der Waals surface area contributed by atoms with Gasteiger partial charge in [0.2, 0.25) is 0 Å². The molecule has 0 bridgehead atoms. The van der Waals surface area contributed by atoms with Crippen LogP contribution < -0.4 is 0 Å². The molecule has 0 spiro atoms. The lowest BCUT2D eigenvalue weighted by Crippen LogP contribution is -2.36. The molecule has 0 aliphatic carbocycles. The van der Waals surface area contributed by atoms with Crippen LogP contribution >= 0.6 is 0 Å². The Morgan fingerprint density at radius 3 is 1.76 bits per heavy atom. The topological polar surface area (TPSA) is 18.5 Å². The van der Waals surface area contributed by atoms with E-state index in [1.807, 2.05) is 14.2 Å². The number of hydrogen-bond donors (Lipinski definition) is 0. The Kier molecular flexibility index (Phi) is 10.2. The van der Waals surface area contributed by atoms with Crippen LogP contribution in [-0.4, -0.2) is 23.5 Å². The molecule has 0 amide bonds. The average Bonchev–Trinajstić information content (AvgIpc) is 2.37. The van der Waals surface area contributed by atoms with Gasteiger partial charge in [0.25, 0.3) is 0 Å². The summed E-state index contributed by atoms with van der Waals surface area (Å²) in [5, 5.41) is 0.343. The first-order valence-corrected chi connectivity index (χ1v) is 8.78. The van der Waals surface area contributed by atoms with E-state index in [0.29, 0.717) is 5.04 Å². The molecule has 0 aliphatic rings. The van der Waals surface area contributed by atoms with Gasteiger partial charge in [-0.05, 0) is 19.3 Å². The van der Waals surface area contributed by atoms with Crippen molar-refractivity contribution in [3.05, 3.63) is 0 Å². The van der Waals surface area contributed by atoms with E-state index in [4.69, 9.17) is 8.85 Å². The van der Waals surface area contributed by atoms with Gasteiger partial charge in [-0.2, -0.15) is 0 Å². The zero-order valence-corrected chi connectivity index (χ0v) is 13.7. The molecule has 0 aromatic heterocycles. The van der Waals surface area contributed by atoms with E-state index in [2.05, 4.69) is 20.8 Å². The van der Waals surface area contributed by atoms with Crippen LogP contribution in [-0.2, 0) is 8.85 Å². The van der Waals surface area contributed by atoms with Crippen LogP contribution in [0.25, 0.3) is 0 Å². The predicted molar refractivity (Wildman–Crippen MR) is 77.8 cm³/mol. The van der Waals surface area contributed by atoms with E-state index < -0.39 is 9.28 Å². The number of unbranched alkanes of at least 4 members (excludes halogenated alkanes) is 4. The van der Waals surface area contributed by atoms with Gasteiger partial charge in [0.1, 0.15) is 0 Å². The van der Waals surface area contributed by atoms with Gasteiger partial charge < -0.3 is 8.85 Å². The Labute approximate surface area is 110 Å². The molecule has 0 N–H and O–H groups in total. The smallest absolute Gasteiger partial charge is 0.327 e. The van der Waals surface area contributed by atoms with Gasteiger partial charge in [-0.3, -0.25) is 0 Å². The Hall–Kier alpha value is 0.137. The molecule has 0 rings (SSSR count). The van der Waals surface area contributed by atoms with Gasteiger partial charge in [-0.1, -0.05) is 52.9 Å². The summed E-state index contributed by atoms with van der Waals surface area (Å²) in [4.78, 5) is 0. The van der Waals surface area contributed by atoms with E-state index >= 15 is 0 Å². The van der Waals surface area contributed by atoms with Gasteiger partial charge in [-0.15, -0.1) is 0 Å². The highest BCUT2D eigenvalue weighted by Gasteiger charge is 2.38. The van der Waals surface area contributed by atoms with Crippen LogP contribution in [0.5, 0.6) is 0 Å². The molecule has 0 aliphatic heterocycles. The third-order valence-corrected chi connectivity index (χ3v) is 7.08. The van der Waals surface area contributed by atoms with Crippen molar-refractivity contribution in [1.29, 1.82) is 0 Å². The molecule has 0 radical (unpaired) electrons. The van der Waals surface area contributed by atoms with Crippen molar-refractivity contribution >= 4 is 9.28 Å². The predicted octanol–water partition coefficient (Wildman–Crippen LogP) is 4.42. The summed E-state index contributed by atoms with van der Waals surface area (Å²) in [5.41, 5.74) is 0. The Morgan fingerprint density at radius 2 is 1.35 bits per heavy atom. The highest BCUT2D eigenvalue weighted by molar-refractivity contribution is 6.48. The summed E-state index contributed by atoms with van der Waals surface area (Å²) in [6.45, 7) is 6.84. The summed E-state index contributed by atoms with van der Waals surface area (Å²) in [6, 6.07) is 0. The van der Waals surface area contributed by atoms with Crippen molar-refractivity contribution in [2.75, 3.05) is 14.2 Å². The van der Waals surface area contributed by atoms with Crippen molar-refractivity contribution in [3.63, 3.8) is 0 Å². The molecule has 2 nitrogen and oxygen atoms in total. The largest absolute Gasteiger partial charge is 0.400 e. The maximum atomic E-state index is 5.64. The maximum absolute atomic E-state index is 5.64. The Bertz CT molecular complexity index is 166. The highest BCUT2D eigenvalue weighted by Crippen LogP contribution is 2.43. The molecule has 0 heterocycles. The van der Waals surface area contributed by atoms with Crippen molar-refractivity contribution in [2.45, 2.75) is 77.2 Å². The lowest BCUT2D eigenvalue weighted by molar-refractivity contribution is 0.223. The Morgan fingerprint density at radius 1 is 0.824 bits per heavy atom. The number of rotatable bonds is 11. The maximum Gasteiger partial charge on any atom is 0.327 e. The molecule has 0 atom stereocenters. The molecule has 0 fully saturated rings. The standard InChI is InChI=1S/C14H32O2Si/c1-6-9-10-11-12-13-14(7-2,8-3)17(15-4)16-5/h17H,6-13H2,1-5H3. The second kappa shape index (κ2) is 10.1. The van der Waals surface area contributed by atoms with E-state index in [-0.39, 0.29) is 0 Å². The second-order valence-electron chi connectivity index (χ2n) is 5.04. The lowest BCUT2D eigenvalue weighted by atomic mass is 9.94. The first kappa shape index (κ1) is 17.1. The normalized spacial score (nSPS) is 12.4. The summed E-state index contributed by atoms with van der Waals surface area (Å²) in [7, 11) is 2.13. The lowest BCUT2D eigenvalue weighted by Gasteiger charge is -2.36. The van der Waals surface area contributed by atoms with E-state index in [1.54, 1.807) is 0 Å². The average molecular weight is 260 g/mol. The second-order valence-corrected chi connectivity index (χ2v) is 7.87. The monoisotopic (exact) mass is 260 g/mol. The highest BCUT2D eigenvalue weighted by atomic mass is 28.3. The van der Waals surface area contributed by atoms with Crippen LogP contribution in [0.2, 0.25) is 5.04 Å². The quantitative estimate of drug-likeness (QED) is 0.404. The van der Waals surface area contributed by atoms with Crippen molar-refractivity contribution in [1.82, 2.24) is 0 Å². The molecular weight excluding hydrogens is 228 g/mol. The molecule has 3 heteroatoms. The minimum atomic E-state index is -1.50. The molecule has 0 aromatic carbocycles. The Balaban J connectivity index is 4.20. The van der Waals surface area contributed by atoms with Gasteiger partial charge in [-0.25, -0.2) is 0 Å². The molecular formula is C14H32O2Si. The van der Waals surface area contributed by atoms with Crippen molar-refractivity contribution in [2.24, 2.45) is 0 Å². The van der Waals surface area contributed by atoms with E-state index in [0.717, 1.165) is 0 Å². The molecule has 0 saturated heterocycles. The molecule has 0 aromatic rings.